The van der Waals surface area contributed by atoms with Crippen LogP contribution in [-0.4, -0.2) is 43.4 Å². The number of amides is 1. The van der Waals surface area contributed by atoms with Crippen LogP contribution in [0.15, 0.2) is 12.1 Å². The molecule has 1 aromatic heterocycles. The molecule has 6 nitrogen and oxygen atoms in total. The standard InChI is InChI=1S/C18H30N2O4/c1-7-23-10-11-24-16-9-8-15(14(4)19-16)20-17(21)18(5,22-6)12-13(2)3/h8-9,13H,7,10-12H2,1-6H3,(H,20,21)/t18-/m0/s1. The average molecular weight is 338 g/mol. The molecular weight excluding hydrogens is 308 g/mol. The summed E-state index contributed by atoms with van der Waals surface area (Å²) in [5, 5.41) is 2.90. The van der Waals surface area contributed by atoms with Crippen molar-refractivity contribution >= 4 is 11.6 Å². The highest BCUT2D eigenvalue weighted by molar-refractivity contribution is 5.97. The number of methoxy groups -OCH3 is 1. The number of pyridine rings is 1. The second-order valence-corrected chi connectivity index (χ2v) is 6.31. The molecule has 1 rings (SSSR count). The number of carbonyl (C=O) groups excluding carboxylic acids is 1. The van der Waals surface area contributed by atoms with Crippen molar-refractivity contribution in [2.24, 2.45) is 5.92 Å². The van der Waals surface area contributed by atoms with Crippen LogP contribution in [0.5, 0.6) is 5.88 Å². The lowest BCUT2D eigenvalue weighted by Gasteiger charge is -2.28. The number of hydrogen-bond donors (Lipinski definition) is 1. The van der Waals surface area contributed by atoms with E-state index >= 15 is 0 Å². The molecule has 1 amide bonds. The molecule has 0 radical (unpaired) electrons. The first kappa shape index (κ1) is 20.4. The van der Waals surface area contributed by atoms with E-state index in [0.717, 1.165) is 0 Å². The van der Waals surface area contributed by atoms with E-state index < -0.39 is 5.60 Å². The Hall–Kier alpha value is -1.66. The Morgan fingerprint density at radius 3 is 2.58 bits per heavy atom. The summed E-state index contributed by atoms with van der Waals surface area (Å²) in [4.78, 5) is 16.9. The van der Waals surface area contributed by atoms with Crippen molar-refractivity contribution in [3.8, 4) is 5.88 Å². The molecule has 1 atom stereocenters. The van der Waals surface area contributed by atoms with E-state index in [1.165, 1.54) is 0 Å². The first-order valence-electron chi connectivity index (χ1n) is 8.37. The van der Waals surface area contributed by atoms with Gasteiger partial charge in [-0.1, -0.05) is 13.8 Å². The first-order chi connectivity index (χ1) is 11.3. The Bertz CT molecular complexity index is 534. The fourth-order valence-corrected chi connectivity index (χ4v) is 2.40. The maximum atomic E-state index is 12.6. The van der Waals surface area contributed by atoms with Crippen molar-refractivity contribution < 1.29 is 19.0 Å². The third-order valence-electron chi connectivity index (χ3n) is 3.72. The van der Waals surface area contributed by atoms with Crippen LogP contribution >= 0.6 is 0 Å². The van der Waals surface area contributed by atoms with Gasteiger partial charge in [0.15, 0.2) is 0 Å². The lowest BCUT2D eigenvalue weighted by molar-refractivity contribution is -0.137. The molecule has 0 unspecified atom stereocenters. The Morgan fingerprint density at radius 1 is 1.33 bits per heavy atom. The third kappa shape index (κ3) is 6.09. The van der Waals surface area contributed by atoms with Crippen molar-refractivity contribution in [3.63, 3.8) is 0 Å². The van der Waals surface area contributed by atoms with Crippen molar-refractivity contribution in [1.29, 1.82) is 0 Å². The van der Waals surface area contributed by atoms with E-state index in [0.29, 0.717) is 49.4 Å². The van der Waals surface area contributed by atoms with Crippen LogP contribution in [0, 0.1) is 12.8 Å². The number of aryl methyl sites for hydroxylation is 1. The monoisotopic (exact) mass is 338 g/mol. The van der Waals surface area contributed by atoms with Crippen LogP contribution in [0.2, 0.25) is 0 Å². The molecule has 0 saturated heterocycles. The zero-order valence-corrected chi connectivity index (χ0v) is 15.6. The second kappa shape index (κ2) is 9.59. The van der Waals surface area contributed by atoms with Gasteiger partial charge in [-0.05, 0) is 39.2 Å². The number of anilines is 1. The fraction of sp³-hybridized carbons (Fsp3) is 0.667. The number of rotatable bonds is 10. The first-order valence-corrected chi connectivity index (χ1v) is 8.37. The van der Waals surface area contributed by atoms with Gasteiger partial charge in [0.05, 0.1) is 18.0 Å². The predicted molar refractivity (Wildman–Crippen MR) is 94.5 cm³/mol. The highest BCUT2D eigenvalue weighted by Crippen LogP contribution is 2.24. The van der Waals surface area contributed by atoms with Gasteiger partial charge in [-0.15, -0.1) is 0 Å². The zero-order valence-electron chi connectivity index (χ0n) is 15.6. The second-order valence-electron chi connectivity index (χ2n) is 6.31. The van der Waals surface area contributed by atoms with E-state index in [1.807, 2.05) is 13.8 Å². The summed E-state index contributed by atoms with van der Waals surface area (Å²) in [7, 11) is 1.56. The molecule has 0 fully saturated rings. The van der Waals surface area contributed by atoms with Gasteiger partial charge in [0.2, 0.25) is 5.88 Å². The van der Waals surface area contributed by atoms with Crippen LogP contribution in [0.1, 0.15) is 39.8 Å². The highest BCUT2D eigenvalue weighted by Gasteiger charge is 2.34. The van der Waals surface area contributed by atoms with Gasteiger partial charge in [0.25, 0.3) is 5.91 Å². The van der Waals surface area contributed by atoms with Gasteiger partial charge in [0.1, 0.15) is 12.2 Å². The van der Waals surface area contributed by atoms with Crippen LogP contribution in [0.4, 0.5) is 5.69 Å². The van der Waals surface area contributed by atoms with Gasteiger partial charge >= 0.3 is 0 Å². The summed E-state index contributed by atoms with van der Waals surface area (Å²) in [6, 6.07) is 3.53. The largest absolute Gasteiger partial charge is 0.475 e. The van der Waals surface area contributed by atoms with E-state index in [9.17, 15) is 4.79 Å². The Morgan fingerprint density at radius 2 is 2.04 bits per heavy atom. The maximum Gasteiger partial charge on any atom is 0.256 e. The molecule has 1 heterocycles. The number of carbonyl (C=O) groups is 1. The minimum atomic E-state index is -0.868. The topological polar surface area (TPSA) is 69.7 Å². The fourth-order valence-electron chi connectivity index (χ4n) is 2.40. The van der Waals surface area contributed by atoms with Crippen molar-refractivity contribution in [1.82, 2.24) is 4.98 Å². The normalized spacial score (nSPS) is 13.6. The minimum absolute atomic E-state index is 0.173. The summed E-state index contributed by atoms with van der Waals surface area (Å²) in [5.74, 6) is 0.691. The maximum absolute atomic E-state index is 12.6. The van der Waals surface area contributed by atoms with Crippen LogP contribution in [0.25, 0.3) is 0 Å². The van der Waals surface area contributed by atoms with Gasteiger partial charge in [-0.2, -0.15) is 0 Å². The van der Waals surface area contributed by atoms with E-state index in [-0.39, 0.29) is 5.91 Å². The molecule has 0 saturated carbocycles. The molecule has 24 heavy (non-hydrogen) atoms. The van der Waals surface area contributed by atoms with Crippen LogP contribution < -0.4 is 10.1 Å². The van der Waals surface area contributed by atoms with Gasteiger partial charge < -0.3 is 19.5 Å². The molecule has 0 aromatic carbocycles. The van der Waals surface area contributed by atoms with Crippen molar-refractivity contribution in [3.05, 3.63) is 17.8 Å². The van der Waals surface area contributed by atoms with Crippen molar-refractivity contribution in [2.45, 2.75) is 46.6 Å². The molecule has 0 spiro atoms. The van der Waals surface area contributed by atoms with Gasteiger partial charge in [-0.3, -0.25) is 4.79 Å². The van der Waals surface area contributed by atoms with E-state index in [2.05, 4.69) is 24.1 Å². The van der Waals surface area contributed by atoms with Gasteiger partial charge in [0, 0.05) is 19.8 Å². The number of nitrogens with zero attached hydrogens (tertiary/aromatic N) is 1. The van der Waals surface area contributed by atoms with Gasteiger partial charge in [-0.25, -0.2) is 4.98 Å². The van der Waals surface area contributed by atoms with E-state index in [4.69, 9.17) is 14.2 Å². The summed E-state index contributed by atoms with van der Waals surface area (Å²) < 4.78 is 16.2. The predicted octanol–water partition coefficient (Wildman–Crippen LogP) is 3.20. The Labute approximate surface area is 144 Å². The number of ether oxygens (including phenoxy) is 3. The summed E-state index contributed by atoms with van der Waals surface area (Å²) >= 11 is 0. The molecule has 0 aliphatic heterocycles. The van der Waals surface area contributed by atoms with E-state index in [1.54, 1.807) is 26.2 Å². The summed E-state index contributed by atoms with van der Waals surface area (Å²) in [6.45, 7) is 11.3. The Kier molecular flexibility index (Phi) is 8.15. The molecule has 136 valence electrons. The SMILES string of the molecule is CCOCCOc1ccc(NC(=O)[C@](C)(CC(C)C)OC)c(C)n1. The average Bonchev–Trinajstić information content (AvgIpc) is 2.53. The number of aromatic nitrogens is 1. The highest BCUT2D eigenvalue weighted by atomic mass is 16.5. The third-order valence-corrected chi connectivity index (χ3v) is 3.72. The number of hydrogen-bond acceptors (Lipinski definition) is 5. The summed E-state index contributed by atoms with van der Waals surface area (Å²) in [6.07, 6.45) is 0.639. The van der Waals surface area contributed by atoms with Crippen molar-refractivity contribution in [2.75, 3.05) is 32.2 Å². The summed E-state index contributed by atoms with van der Waals surface area (Å²) in [5.41, 5.74) is 0.484. The minimum Gasteiger partial charge on any atom is -0.475 e. The quantitative estimate of drug-likeness (QED) is 0.664. The lowest BCUT2D eigenvalue weighted by Crippen LogP contribution is -2.43. The molecule has 6 heteroatoms. The Balaban J connectivity index is 2.72. The number of nitrogens with one attached hydrogen (secondary N) is 1. The molecule has 0 aliphatic carbocycles. The molecular formula is C18H30N2O4. The molecule has 1 N–H and O–H groups in total. The molecule has 0 aliphatic rings. The lowest BCUT2D eigenvalue weighted by atomic mass is 9.93. The van der Waals surface area contributed by atoms with Crippen LogP contribution in [0.3, 0.4) is 0 Å². The van der Waals surface area contributed by atoms with Crippen LogP contribution in [-0.2, 0) is 14.3 Å². The molecule has 0 bridgehead atoms. The smallest absolute Gasteiger partial charge is 0.256 e. The zero-order chi connectivity index (χ0) is 18.2. The molecule has 1 aromatic rings.